The SMILES string of the molecule is CC(C)(C)[C@H](NC(=O)NC1(CN2Cc3sccc3S2(=O)=O)CCCCC1)C(=O)N1C[C@H]2[C@@H]([C@H]1C(=O)NC(CC1CCC1)C(=O)C(N)=O)C2(C)C. The number of nitrogens with zero attached hydrogens (tertiary/aromatic N) is 2. The van der Waals surface area contributed by atoms with E-state index in [-0.39, 0.29) is 36.3 Å². The van der Waals surface area contributed by atoms with Gasteiger partial charge in [-0.25, -0.2) is 13.2 Å². The minimum absolute atomic E-state index is 0.0599. The van der Waals surface area contributed by atoms with Gasteiger partial charge in [0.25, 0.3) is 5.91 Å². The van der Waals surface area contributed by atoms with Gasteiger partial charge in [-0.3, -0.25) is 19.2 Å². The highest BCUT2D eigenvalue weighted by Gasteiger charge is 2.70. The summed E-state index contributed by atoms with van der Waals surface area (Å²) in [7, 11) is -3.67. The van der Waals surface area contributed by atoms with Gasteiger partial charge < -0.3 is 26.6 Å². The number of piperidine rings is 1. The molecule has 1 aromatic heterocycles. The Bertz CT molecular complexity index is 1660. The van der Waals surface area contributed by atoms with E-state index < -0.39 is 68.6 Å². The van der Waals surface area contributed by atoms with Crippen molar-refractivity contribution in [2.45, 2.75) is 128 Å². The van der Waals surface area contributed by atoms with Crippen molar-refractivity contribution in [1.29, 1.82) is 0 Å². The van der Waals surface area contributed by atoms with Gasteiger partial charge in [0.05, 0.1) is 16.5 Å². The van der Waals surface area contributed by atoms with E-state index in [1.165, 1.54) is 20.5 Å². The van der Waals surface area contributed by atoms with Crippen LogP contribution in [0.2, 0.25) is 0 Å². The highest BCUT2D eigenvalue weighted by atomic mass is 32.2. The van der Waals surface area contributed by atoms with Crippen molar-refractivity contribution in [3.63, 3.8) is 0 Å². The van der Waals surface area contributed by atoms with Crippen molar-refractivity contribution in [3.8, 4) is 0 Å². The summed E-state index contributed by atoms with van der Waals surface area (Å²) in [6, 6.07) is -1.89. The number of primary amides is 1. The van der Waals surface area contributed by atoms with Crippen molar-refractivity contribution >= 4 is 50.9 Å². The van der Waals surface area contributed by atoms with Crippen LogP contribution in [0.3, 0.4) is 0 Å². The monoisotopic (exact) mass is 732 g/mol. The van der Waals surface area contributed by atoms with Crippen LogP contribution in [0.15, 0.2) is 16.3 Å². The van der Waals surface area contributed by atoms with Crippen LogP contribution in [-0.2, 0) is 35.7 Å². The summed E-state index contributed by atoms with van der Waals surface area (Å²) in [5.41, 5.74) is 3.60. The molecule has 5 atom stereocenters. The lowest BCUT2D eigenvalue weighted by Crippen LogP contribution is -2.64. The van der Waals surface area contributed by atoms with Gasteiger partial charge in [-0.2, -0.15) is 4.31 Å². The quantitative estimate of drug-likeness (QED) is 0.252. The van der Waals surface area contributed by atoms with Crippen molar-refractivity contribution in [1.82, 2.24) is 25.2 Å². The Balaban J connectivity index is 1.19. The van der Waals surface area contributed by atoms with Crippen LogP contribution in [0.1, 0.15) is 97.3 Å². The second kappa shape index (κ2) is 13.2. The lowest BCUT2D eigenvalue weighted by molar-refractivity contribution is -0.145. The van der Waals surface area contributed by atoms with Crippen molar-refractivity contribution in [3.05, 3.63) is 16.3 Å². The average molecular weight is 733 g/mol. The van der Waals surface area contributed by atoms with Gasteiger partial charge in [0.2, 0.25) is 27.6 Å². The Labute approximate surface area is 298 Å². The van der Waals surface area contributed by atoms with E-state index >= 15 is 0 Å². The molecule has 1 saturated heterocycles. The summed E-state index contributed by atoms with van der Waals surface area (Å²) in [6.07, 6.45) is 7.04. The number of carbonyl (C=O) groups excluding carboxylic acids is 5. The molecule has 0 radical (unpaired) electrons. The summed E-state index contributed by atoms with van der Waals surface area (Å²) in [5.74, 6) is -2.71. The van der Waals surface area contributed by atoms with Crippen LogP contribution < -0.4 is 21.7 Å². The lowest BCUT2D eigenvalue weighted by Gasteiger charge is -2.42. The normalized spacial score (nSPS) is 27.6. The first-order chi connectivity index (χ1) is 23.4. The van der Waals surface area contributed by atoms with Gasteiger partial charge in [-0.1, -0.05) is 73.1 Å². The number of thiophene rings is 1. The number of urea groups is 1. The number of nitrogens with two attached hydrogens (primary N) is 1. The van der Waals surface area contributed by atoms with Crippen LogP contribution >= 0.6 is 11.3 Å². The lowest BCUT2D eigenvalue weighted by atomic mass is 9.80. The smallest absolute Gasteiger partial charge is 0.315 e. The maximum absolute atomic E-state index is 14.5. The zero-order chi connectivity index (χ0) is 36.4. The number of fused-ring (bicyclic) bond motifs is 2. The van der Waals surface area contributed by atoms with Crippen molar-refractivity contribution in [2.75, 3.05) is 13.1 Å². The zero-order valence-electron chi connectivity index (χ0n) is 29.8. The Morgan fingerprint density at radius 1 is 1.04 bits per heavy atom. The van der Waals surface area contributed by atoms with Crippen LogP contribution in [0, 0.1) is 28.6 Å². The molecule has 3 heterocycles. The third-order valence-electron chi connectivity index (χ3n) is 12.1. The molecule has 0 aromatic carbocycles. The molecule has 0 bridgehead atoms. The van der Waals surface area contributed by atoms with Gasteiger partial charge in [0, 0.05) is 24.5 Å². The molecule has 5 N–H and O–H groups in total. The highest BCUT2D eigenvalue weighted by Crippen LogP contribution is 2.65. The first-order valence-electron chi connectivity index (χ1n) is 18.0. The molecule has 13 nitrogen and oxygen atoms in total. The third-order valence-corrected chi connectivity index (χ3v) is 15.0. The van der Waals surface area contributed by atoms with Crippen molar-refractivity contribution in [2.24, 2.45) is 34.3 Å². The Morgan fingerprint density at radius 2 is 1.72 bits per heavy atom. The number of ketones is 1. The van der Waals surface area contributed by atoms with Gasteiger partial charge >= 0.3 is 6.03 Å². The number of likely N-dealkylation sites (tertiary alicyclic amines) is 1. The number of hydrogen-bond acceptors (Lipinski definition) is 8. The largest absolute Gasteiger partial charge is 0.363 e. The van der Waals surface area contributed by atoms with Crippen LogP contribution in [0.25, 0.3) is 0 Å². The van der Waals surface area contributed by atoms with E-state index in [0.29, 0.717) is 30.7 Å². The minimum Gasteiger partial charge on any atom is -0.363 e. The number of amides is 5. The first-order valence-corrected chi connectivity index (χ1v) is 20.3. The van der Waals surface area contributed by atoms with E-state index in [2.05, 4.69) is 29.8 Å². The fourth-order valence-corrected chi connectivity index (χ4v) is 11.8. The van der Waals surface area contributed by atoms with Crippen LogP contribution in [0.5, 0.6) is 0 Å². The number of sulfonamides is 1. The van der Waals surface area contributed by atoms with E-state index in [1.807, 2.05) is 20.8 Å². The summed E-state index contributed by atoms with van der Waals surface area (Å²) in [6.45, 7) is 10.4. The molecular formula is C35H52N6O7S2. The van der Waals surface area contributed by atoms with Gasteiger partial charge in [0.15, 0.2) is 0 Å². The number of nitrogens with one attached hydrogen (secondary N) is 3. The molecule has 2 aliphatic heterocycles. The molecule has 3 saturated carbocycles. The molecule has 50 heavy (non-hydrogen) atoms. The van der Waals surface area contributed by atoms with Gasteiger partial charge in [-0.15, -0.1) is 11.3 Å². The van der Waals surface area contributed by atoms with Gasteiger partial charge in [-0.05, 0) is 59.3 Å². The molecule has 5 amide bonds. The molecule has 4 fully saturated rings. The molecule has 1 unspecified atom stereocenters. The van der Waals surface area contributed by atoms with Crippen molar-refractivity contribution < 1.29 is 32.4 Å². The fourth-order valence-electron chi connectivity index (χ4n) is 8.85. The minimum atomic E-state index is -3.67. The second-order valence-corrected chi connectivity index (χ2v) is 19.8. The molecule has 1 aromatic rings. The van der Waals surface area contributed by atoms with Gasteiger partial charge in [0.1, 0.15) is 12.1 Å². The van der Waals surface area contributed by atoms with E-state index in [0.717, 1.165) is 43.4 Å². The predicted molar refractivity (Wildman–Crippen MR) is 187 cm³/mol. The van der Waals surface area contributed by atoms with Crippen LogP contribution in [0.4, 0.5) is 4.79 Å². The summed E-state index contributed by atoms with van der Waals surface area (Å²) < 4.78 is 28.1. The summed E-state index contributed by atoms with van der Waals surface area (Å²) in [5, 5.41) is 10.6. The zero-order valence-corrected chi connectivity index (χ0v) is 31.4. The second-order valence-electron chi connectivity index (χ2n) is 16.9. The van der Waals surface area contributed by atoms with Crippen LogP contribution in [-0.4, -0.2) is 83.9 Å². The molecule has 5 aliphatic rings. The molecule has 276 valence electrons. The summed E-state index contributed by atoms with van der Waals surface area (Å²) in [4.78, 5) is 69.7. The third kappa shape index (κ3) is 6.81. The molecule has 6 rings (SSSR count). The standard InChI is InChI=1S/C35H52N6O7S2/c1-33(2,3)28(38-32(46)39-35(13-7-6-8-14-35)19-40-18-23-24(12-15-49-23)50(40,47)48)31(45)41-17-21-25(34(21,4)5)26(41)30(44)37-22(27(42)29(36)43)16-20-10-9-11-20/h12,15,20-22,25-26,28H,6-11,13-14,16-19H2,1-5H3,(H2,36,43)(H,37,44)(H2,38,39,46)/t21-,22?,25-,26-,28+/m0/s1. The first kappa shape index (κ1) is 36.7. The predicted octanol–water partition coefficient (Wildman–Crippen LogP) is 2.88. The maximum atomic E-state index is 14.5. The number of hydrogen-bond donors (Lipinski definition) is 4. The molecule has 0 spiro atoms. The van der Waals surface area contributed by atoms with E-state index in [9.17, 15) is 32.4 Å². The molecular weight excluding hydrogens is 681 g/mol. The maximum Gasteiger partial charge on any atom is 0.315 e. The van der Waals surface area contributed by atoms with E-state index in [4.69, 9.17) is 5.73 Å². The Kier molecular flexibility index (Phi) is 9.68. The Hall–Kier alpha value is -3.04. The Morgan fingerprint density at radius 3 is 2.30 bits per heavy atom. The topological polar surface area (TPSA) is 188 Å². The number of Topliss-reactive ketones (excluding diaryl/α,β-unsaturated/α-hetero) is 1. The number of carbonyl (C=O) groups is 5. The fraction of sp³-hybridized carbons (Fsp3) is 0.743. The number of rotatable bonds is 11. The molecule has 3 aliphatic carbocycles. The summed E-state index contributed by atoms with van der Waals surface area (Å²) >= 11 is 1.41. The average Bonchev–Trinajstić information content (AvgIpc) is 3.46. The van der Waals surface area contributed by atoms with E-state index in [1.54, 1.807) is 11.4 Å². The highest BCUT2D eigenvalue weighted by molar-refractivity contribution is 7.89. The molecule has 15 heteroatoms.